The predicted molar refractivity (Wildman–Crippen MR) is 99.1 cm³/mol. The number of carbonyl (C=O) groups excluding carboxylic acids is 1. The Balaban J connectivity index is 2.24. The Morgan fingerprint density at radius 2 is 1.89 bits per heavy atom. The first kappa shape index (κ1) is 20.8. The maximum absolute atomic E-state index is 13.8. The second kappa shape index (κ2) is 8.94. The fourth-order valence-electron chi connectivity index (χ4n) is 2.32. The lowest BCUT2D eigenvalue weighted by atomic mass is 10.1. The van der Waals surface area contributed by atoms with Gasteiger partial charge in [0, 0.05) is 31.0 Å². The van der Waals surface area contributed by atoms with Crippen LogP contribution in [0, 0.1) is 12.7 Å². The average molecular weight is 396 g/mol. The fraction of sp³-hybridized carbons (Fsp3) is 0.278. The van der Waals surface area contributed by atoms with Crippen molar-refractivity contribution in [2.24, 2.45) is 0 Å². The molecule has 0 bridgehead atoms. The van der Waals surface area contributed by atoms with Gasteiger partial charge in [0.2, 0.25) is 10.0 Å². The highest BCUT2D eigenvalue weighted by molar-refractivity contribution is 7.89. The molecule has 0 saturated carbocycles. The van der Waals surface area contributed by atoms with Crippen LogP contribution in [0.15, 0.2) is 41.3 Å². The van der Waals surface area contributed by atoms with Gasteiger partial charge >= 0.3 is 0 Å². The highest BCUT2D eigenvalue weighted by Crippen LogP contribution is 2.22. The van der Waals surface area contributed by atoms with Gasteiger partial charge in [-0.05, 0) is 36.8 Å². The Kier molecular flexibility index (Phi) is 6.89. The van der Waals surface area contributed by atoms with Gasteiger partial charge in [0.25, 0.3) is 5.91 Å². The zero-order valence-electron chi connectivity index (χ0n) is 15.2. The van der Waals surface area contributed by atoms with E-state index in [4.69, 9.17) is 9.47 Å². The topological polar surface area (TPSA) is 93.7 Å². The smallest absolute Gasteiger partial charge is 0.255 e. The van der Waals surface area contributed by atoms with Gasteiger partial charge in [-0.2, -0.15) is 0 Å². The predicted octanol–water partition coefficient (Wildman–Crippen LogP) is 2.32. The molecule has 0 aromatic heterocycles. The number of halogens is 1. The van der Waals surface area contributed by atoms with Crippen molar-refractivity contribution in [3.8, 4) is 5.75 Å². The second-order valence-electron chi connectivity index (χ2n) is 5.67. The van der Waals surface area contributed by atoms with Crippen molar-refractivity contribution in [3.05, 3.63) is 53.3 Å². The summed E-state index contributed by atoms with van der Waals surface area (Å²) in [4.78, 5) is 12.5. The minimum Gasteiger partial charge on any atom is -0.494 e. The molecule has 2 aromatic carbocycles. The molecule has 146 valence electrons. The number of carbonyl (C=O) groups is 1. The summed E-state index contributed by atoms with van der Waals surface area (Å²) in [6.45, 7) is 2.01. The average Bonchev–Trinajstić information content (AvgIpc) is 2.62. The molecular formula is C18H21FN2O5S. The molecule has 1 amide bonds. The minimum atomic E-state index is -3.78. The van der Waals surface area contributed by atoms with Gasteiger partial charge in [0.15, 0.2) is 11.6 Å². The van der Waals surface area contributed by atoms with Crippen LogP contribution in [0.3, 0.4) is 0 Å². The van der Waals surface area contributed by atoms with E-state index in [0.29, 0.717) is 5.56 Å². The Bertz CT molecular complexity index is 931. The van der Waals surface area contributed by atoms with Crippen LogP contribution in [0.5, 0.6) is 5.75 Å². The third kappa shape index (κ3) is 5.25. The molecule has 2 aromatic rings. The van der Waals surface area contributed by atoms with Crippen LogP contribution >= 0.6 is 0 Å². The summed E-state index contributed by atoms with van der Waals surface area (Å²) in [7, 11) is -0.978. The van der Waals surface area contributed by atoms with Crippen LogP contribution in [0.25, 0.3) is 0 Å². The van der Waals surface area contributed by atoms with E-state index in [1.807, 2.05) is 0 Å². The zero-order chi connectivity index (χ0) is 20.0. The summed E-state index contributed by atoms with van der Waals surface area (Å²) in [5.41, 5.74) is 0.974. The Labute approximate surface area is 157 Å². The van der Waals surface area contributed by atoms with Gasteiger partial charge in [-0.3, -0.25) is 4.79 Å². The highest BCUT2D eigenvalue weighted by atomic mass is 32.2. The van der Waals surface area contributed by atoms with E-state index in [1.54, 1.807) is 6.92 Å². The maximum atomic E-state index is 13.8. The molecule has 27 heavy (non-hydrogen) atoms. The number of aryl methyl sites for hydroxylation is 1. The number of hydrogen-bond donors (Lipinski definition) is 2. The van der Waals surface area contributed by atoms with E-state index in [9.17, 15) is 17.6 Å². The Hall–Kier alpha value is -2.49. The van der Waals surface area contributed by atoms with Crippen LogP contribution in [-0.2, 0) is 14.8 Å². The van der Waals surface area contributed by atoms with Crippen molar-refractivity contribution >= 4 is 21.6 Å². The summed E-state index contributed by atoms with van der Waals surface area (Å²) in [6, 6.07) is 8.22. The summed E-state index contributed by atoms with van der Waals surface area (Å²) in [5.74, 6) is -1.11. The summed E-state index contributed by atoms with van der Waals surface area (Å²) >= 11 is 0. The number of nitrogens with one attached hydrogen (secondary N) is 2. The van der Waals surface area contributed by atoms with Gasteiger partial charge in [-0.15, -0.1) is 0 Å². The molecule has 0 saturated heterocycles. The highest BCUT2D eigenvalue weighted by Gasteiger charge is 2.18. The second-order valence-corrected chi connectivity index (χ2v) is 7.44. The number of amides is 1. The minimum absolute atomic E-state index is 0.0461. The molecule has 0 heterocycles. The zero-order valence-corrected chi connectivity index (χ0v) is 16.0. The number of benzene rings is 2. The molecule has 9 heteroatoms. The van der Waals surface area contributed by atoms with Crippen molar-refractivity contribution < 1.29 is 27.1 Å². The number of anilines is 1. The van der Waals surface area contributed by atoms with E-state index in [0.717, 1.165) is 6.07 Å². The van der Waals surface area contributed by atoms with Gasteiger partial charge in [-0.1, -0.05) is 6.07 Å². The van der Waals surface area contributed by atoms with Crippen LogP contribution in [0.4, 0.5) is 10.1 Å². The molecule has 0 aliphatic heterocycles. The first-order chi connectivity index (χ1) is 12.8. The molecule has 7 nitrogen and oxygen atoms in total. The molecule has 0 spiro atoms. The fourth-order valence-corrected chi connectivity index (χ4v) is 3.36. The van der Waals surface area contributed by atoms with Crippen molar-refractivity contribution in [2.75, 3.05) is 32.7 Å². The molecule has 0 aliphatic rings. The number of rotatable bonds is 8. The Morgan fingerprint density at radius 3 is 2.52 bits per heavy atom. The number of methoxy groups -OCH3 is 2. The van der Waals surface area contributed by atoms with E-state index in [1.165, 1.54) is 44.6 Å². The molecule has 2 N–H and O–H groups in total. The van der Waals surface area contributed by atoms with E-state index < -0.39 is 21.7 Å². The molecule has 2 rings (SSSR count). The van der Waals surface area contributed by atoms with Crippen LogP contribution < -0.4 is 14.8 Å². The molecular weight excluding hydrogens is 375 g/mol. The largest absolute Gasteiger partial charge is 0.494 e. The lowest BCUT2D eigenvalue weighted by molar-refractivity contribution is 0.102. The third-order valence-electron chi connectivity index (χ3n) is 3.77. The number of sulfonamides is 1. The first-order valence-corrected chi connectivity index (χ1v) is 9.51. The van der Waals surface area contributed by atoms with Gasteiger partial charge in [0.05, 0.1) is 18.6 Å². The van der Waals surface area contributed by atoms with E-state index in [2.05, 4.69) is 10.0 Å². The van der Waals surface area contributed by atoms with Gasteiger partial charge < -0.3 is 14.8 Å². The van der Waals surface area contributed by atoms with Crippen molar-refractivity contribution in [3.63, 3.8) is 0 Å². The maximum Gasteiger partial charge on any atom is 0.255 e. The number of ether oxygens (including phenoxy) is 2. The van der Waals surface area contributed by atoms with Crippen LogP contribution in [-0.4, -0.2) is 41.7 Å². The van der Waals surface area contributed by atoms with Crippen molar-refractivity contribution in [1.29, 1.82) is 0 Å². The molecule has 0 radical (unpaired) electrons. The summed E-state index contributed by atoms with van der Waals surface area (Å²) in [5, 5.41) is 2.55. The molecule has 0 unspecified atom stereocenters. The van der Waals surface area contributed by atoms with Crippen LogP contribution in [0.1, 0.15) is 15.9 Å². The quantitative estimate of drug-likeness (QED) is 0.668. The normalized spacial score (nSPS) is 11.3. The monoisotopic (exact) mass is 396 g/mol. The summed E-state index contributed by atoms with van der Waals surface area (Å²) in [6.07, 6.45) is 0. The standard InChI is InChI=1S/C18H21FN2O5S/c1-12-4-6-14(27(23,24)20-8-9-25-2)11-15(12)18(22)21-13-5-7-17(26-3)16(19)10-13/h4-7,10-11,20H,8-9H2,1-3H3,(H,21,22). The lowest BCUT2D eigenvalue weighted by Gasteiger charge is -2.12. The SMILES string of the molecule is COCCNS(=O)(=O)c1ccc(C)c(C(=O)Nc2ccc(OC)c(F)c2)c1. The molecule has 0 fully saturated rings. The van der Waals surface area contributed by atoms with Crippen molar-refractivity contribution in [2.45, 2.75) is 11.8 Å². The lowest BCUT2D eigenvalue weighted by Crippen LogP contribution is -2.27. The summed E-state index contributed by atoms with van der Waals surface area (Å²) < 4.78 is 50.4. The van der Waals surface area contributed by atoms with Crippen LogP contribution in [0.2, 0.25) is 0 Å². The number of hydrogen-bond acceptors (Lipinski definition) is 5. The van der Waals surface area contributed by atoms with E-state index >= 15 is 0 Å². The van der Waals surface area contributed by atoms with Crippen molar-refractivity contribution in [1.82, 2.24) is 4.72 Å². The first-order valence-electron chi connectivity index (χ1n) is 8.02. The van der Waals surface area contributed by atoms with Gasteiger partial charge in [0.1, 0.15) is 0 Å². The third-order valence-corrected chi connectivity index (χ3v) is 5.23. The molecule has 0 aliphatic carbocycles. The molecule has 0 atom stereocenters. The van der Waals surface area contributed by atoms with E-state index in [-0.39, 0.29) is 35.0 Å². The Morgan fingerprint density at radius 1 is 1.15 bits per heavy atom. The van der Waals surface area contributed by atoms with Gasteiger partial charge in [-0.25, -0.2) is 17.5 Å².